The van der Waals surface area contributed by atoms with Crippen LogP contribution in [0.4, 0.5) is 5.69 Å². The van der Waals surface area contributed by atoms with E-state index in [2.05, 4.69) is 18.2 Å². The molecule has 6 nitrogen and oxygen atoms in total. The second-order valence-corrected chi connectivity index (χ2v) is 12.7. The van der Waals surface area contributed by atoms with E-state index in [-0.39, 0.29) is 0 Å². The highest BCUT2D eigenvalue weighted by Crippen LogP contribution is 2.42. The molecule has 2 amide bonds. The lowest BCUT2D eigenvalue weighted by atomic mass is 9.96. The van der Waals surface area contributed by atoms with Crippen LogP contribution >= 0.6 is 0 Å². The number of hydrogen-bond donors (Lipinski definition) is 0. The van der Waals surface area contributed by atoms with Crippen LogP contribution in [0.5, 0.6) is 0 Å². The number of benzene rings is 7. The molecule has 0 bridgehead atoms. The van der Waals surface area contributed by atoms with E-state index in [1.54, 1.807) is 24.3 Å². The quantitative estimate of drug-likeness (QED) is 0.171. The molecule has 0 radical (unpaired) electrons. The molecule has 2 heterocycles. The Bertz CT molecular complexity index is 2800. The molecular formula is C46H26N4O2. The maximum absolute atomic E-state index is 14.8. The highest BCUT2D eigenvalue weighted by molar-refractivity contribution is 6.36. The van der Waals surface area contributed by atoms with E-state index in [0.29, 0.717) is 39.2 Å². The molecule has 0 atom stereocenters. The molecule has 7 aromatic carbocycles. The van der Waals surface area contributed by atoms with Crippen LogP contribution in [0.1, 0.15) is 31.8 Å². The van der Waals surface area contributed by atoms with Crippen LogP contribution in [0.2, 0.25) is 0 Å². The monoisotopic (exact) mass is 666 g/mol. The minimum atomic E-state index is -0.417. The highest BCUT2D eigenvalue weighted by Gasteiger charge is 2.40. The zero-order chi connectivity index (χ0) is 35.3. The predicted molar refractivity (Wildman–Crippen MR) is 204 cm³/mol. The van der Waals surface area contributed by atoms with Crippen molar-refractivity contribution in [1.82, 2.24) is 4.57 Å². The van der Waals surface area contributed by atoms with Gasteiger partial charge in [-0.1, -0.05) is 109 Å². The van der Waals surface area contributed by atoms with E-state index in [1.165, 1.54) is 4.90 Å². The summed E-state index contributed by atoms with van der Waals surface area (Å²) in [7, 11) is 0. The Labute approximate surface area is 299 Å². The van der Waals surface area contributed by atoms with Gasteiger partial charge >= 0.3 is 0 Å². The van der Waals surface area contributed by atoms with E-state index < -0.39 is 11.8 Å². The molecule has 0 saturated heterocycles. The lowest BCUT2D eigenvalue weighted by Crippen LogP contribution is -2.29. The molecule has 0 unspecified atom stereocenters. The molecule has 0 spiro atoms. The van der Waals surface area contributed by atoms with Gasteiger partial charge in [0.05, 0.1) is 56.8 Å². The molecule has 1 aromatic heterocycles. The van der Waals surface area contributed by atoms with E-state index in [0.717, 1.165) is 49.6 Å². The maximum atomic E-state index is 14.8. The molecule has 1 aliphatic rings. The number of amides is 2. The van der Waals surface area contributed by atoms with Gasteiger partial charge in [-0.2, -0.15) is 10.5 Å². The summed E-state index contributed by atoms with van der Waals surface area (Å²) in [4.78, 5) is 30.5. The Morgan fingerprint density at radius 3 is 1.81 bits per heavy atom. The van der Waals surface area contributed by atoms with Crippen LogP contribution in [-0.2, 0) is 0 Å². The lowest BCUT2D eigenvalue weighted by Gasteiger charge is -2.18. The second kappa shape index (κ2) is 12.1. The number of para-hydroxylation sites is 2. The van der Waals surface area contributed by atoms with E-state index >= 15 is 0 Å². The number of carbonyl (C=O) groups excluding carboxylic acids is 2. The Balaban J connectivity index is 1.27. The fourth-order valence-electron chi connectivity index (χ4n) is 7.45. The molecule has 52 heavy (non-hydrogen) atoms. The number of fused-ring (bicyclic) bond motifs is 4. The Morgan fingerprint density at radius 1 is 0.481 bits per heavy atom. The summed E-state index contributed by atoms with van der Waals surface area (Å²) in [5.74, 6) is -0.815. The average Bonchev–Trinajstić information content (AvgIpc) is 3.68. The van der Waals surface area contributed by atoms with Crippen LogP contribution in [-0.4, -0.2) is 16.4 Å². The average molecular weight is 667 g/mol. The minimum absolute atomic E-state index is 0.302. The van der Waals surface area contributed by atoms with Crippen molar-refractivity contribution in [2.24, 2.45) is 0 Å². The molecule has 0 saturated carbocycles. The summed E-state index contributed by atoms with van der Waals surface area (Å²) in [5, 5.41) is 21.6. The fourth-order valence-corrected chi connectivity index (χ4v) is 7.45. The summed E-state index contributed by atoms with van der Waals surface area (Å²) in [5.41, 5.74) is 9.20. The summed E-state index contributed by atoms with van der Waals surface area (Å²) >= 11 is 0. The maximum Gasteiger partial charge on any atom is 0.268 e. The number of aromatic nitrogens is 1. The molecule has 0 aliphatic carbocycles. The molecule has 8 aromatic rings. The van der Waals surface area contributed by atoms with E-state index in [1.807, 2.05) is 132 Å². The topological polar surface area (TPSA) is 89.9 Å². The van der Waals surface area contributed by atoms with Gasteiger partial charge in [-0.15, -0.1) is 0 Å². The number of hydrogen-bond acceptors (Lipinski definition) is 4. The number of nitrogens with zero attached hydrogens (tertiary/aromatic N) is 4. The lowest BCUT2D eigenvalue weighted by molar-refractivity contribution is 0.0926. The van der Waals surface area contributed by atoms with Gasteiger partial charge in [-0.25, -0.2) is 4.90 Å². The highest BCUT2D eigenvalue weighted by atomic mass is 16.2. The zero-order valence-electron chi connectivity index (χ0n) is 27.6. The summed E-state index contributed by atoms with van der Waals surface area (Å²) in [6.45, 7) is 0. The third kappa shape index (κ3) is 4.71. The van der Waals surface area contributed by atoms with Crippen LogP contribution in [0.25, 0.3) is 60.9 Å². The van der Waals surface area contributed by atoms with Crippen LogP contribution in [0.15, 0.2) is 158 Å². The van der Waals surface area contributed by atoms with E-state index in [9.17, 15) is 20.1 Å². The third-order valence-electron chi connectivity index (χ3n) is 9.78. The smallest absolute Gasteiger partial charge is 0.268 e. The fraction of sp³-hybridized carbons (Fsp3) is 0. The Hall–Kier alpha value is -7.54. The number of nitriles is 2. The van der Waals surface area contributed by atoms with Gasteiger partial charge in [0.15, 0.2) is 0 Å². The standard InChI is InChI=1S/C46H26N4O2/c47-27-29-21-22-36(34(23-29)28-48)38-16-9-17-39-37-15-7-8-19-41(37)50(44(38)39)42-20-10-18-40-43(42)46(52)49(45(40)51)35-25-32(30-11-3-1-4-12-30)24-33(26-35)31-13-5-2-6-14-31/h1-26H. The van der Waals surface area contributed by atoms with Crippen molar-refractivity contribution in [1.29, 1.82) is 10.5 Å². The second-order valence-electron chi connectivity index (χ2n) is 12.7. The van der Waals surface area contributed by atoms with E-state index in [4.69, 9.17) is 0 Å². The molecule has 242 valence electrons. The summed E-state index contributed by atoms with van der Waals surface area (Å²) in [6, 6.07) is 54.5. The molecule has 0 N–H and O–H groups in total. The summed E-state index contributed by atoms with van der Waals surface area (Å²) < 4.78 is 2.03. The van der Waals surface area contributed by atoms with Gasteiger partial charge in [0.1, 0.15) is 0 Å². The van der Waals surface area contributed by atoms with Crippen molar-refractivity contribution in [3.8, 4) is 51.2 Å². The first kappa shape index (κ1) is 30.5. The molecule has 0 fully saturated rings. The van der Waals surface area contributed by atoms with Crippen LogP contribution < -0.4 is 4.90 Å². The van der Waals surface area contributed by atoms with Gasteiger partial charge < -0.3 is 4.57 Å². The predicted octanol–water partition coefficient (Wildman–Crippen LogP) is 10.3. The molecule has 9 rings (SSSR count). The normalized spacial score (nSPS) is 12.2. The SMILES string of the molecule is N#Cc1ccc(-c2cccc3c4ccccc4n(-c4cccc5c4C(=O)N(c4cc(-c6ccccc6)cc(-c6ccccc6)c4)C5=O)c23)c(C#N)c1. The van der Waals surface area contributed by atoms with Gasteiger partial charge in [0.2, 0.25) is 0 Å². The number of imide groups is 1. The molecule has 1 aliphatic heterocycles. The zero-order valence-corrected chi connectivity index (χ0v) is 27.6. The van der Waals surface area contributed by atoms with Crippen molar-refractivity contribution in [2.45, 2.75) is 0 Å². The van der Waals surface area contributed by atoms with Crippen LogP contribution in [0.3, 0.4) is 0 Å². The van der Waals surface area contributed by atoms with Gasteiger partial charge in [0, 0.05) is 21.9 Å². The first-order chi connectivity index (χ1) is 25.6. The Morgan fingerprint density at radius 2 is 1.12 bits per heavy atom. The van der Waals surface area contributed by atoms with Crippen molar-refractivity contribution in [2.75, 3.05) is 4.90 Å². The summed E-state index contributed by atoms with van der Waals surface area (Å²) in [6.07, 6.45) is 0. The Kier molecular flexibility index (Phi) is 7.10. The number of rotatable bonds is 5. The minimum Gasteiger partial charge on any atom is -0.308 e. The van der Waals surface area contributed by atoms with Crippen molar-refractivity contribution < 1.29 is 9.59 Å². The third-order valence-corrected chi connectivity index (χ3v) is 9.78. The molecule has 6 heteroatoms. The van der Waals surface area contributed by atoms with Gasteiger partial charge in [-0.05, 0) is 70.8 Å². The molecular weight excluding hydrogens is 641 g/mol. The number of anilines is 1. The van der Waals surface area contributed by atoms with Gasteiger partial charge in [0.25, 0.3) is 11.8 Å². The first-order valence-electron chi connectivity index (χ1n) is 16.8. The van der Waals surface area contributed by atoms with Crippen molar-refractivity contribution >= 4 is 39.3 Å². The van der Waals surface area contributed by atoms with Gasteiger partial charge in [-0.3, -0.25) is 9.59 Å². The van der Waals surface area contributed by atoms with Crippen LogP contribution in [0, 0.1) is 22.7 Å². The number of carbonyl (C=O) groups is 2. The van der Waals surface area contributed by atoms with Crippen molar-refractivity contribution in [3.63, 3.8) is 0 Å². The largest absolute Gasteiger partial charge is 0.308 e. The first-order valence-corrected chi connectivity index (χ1v) is 16.8. The van der Waals surface area contributed by atoms with Crippen molar-refractivity contribution in [3.05, 3.63) is 180 Å².